The van der Waals surface area contributed by atoms with E-state index in [-0.39, 0.29) is 0 Å². The van der Waals surface area contributed by atoms with Crippen molar-refractivity contribution in [3.8, 4) is 0 Å². The Morgan fingerprint density at radius 3 is 2.88 bits per heavy atom. The van der Waals surface area contributed by atoms with Crippen LogP contribution in [0.1, 0.15) is 17.7 Å². The van der Waals surface area contributed by atoms with E-state index in [1.807, 2.05) is 11.3 Å². The Bertz CT molecular complexity index is 296. The molecule has 2 heterocycles. The Balaban J connectivity index is 1.62. The summed E-state index contributed by atoms with van der Waals surface area (Å²) >= 11 is 7.48. The van der Waals surface area contributed by atoms with Crippen LogP contribution in [-0.2, 0) is 11.2 Å². The molecule has 0 spiro atoms. The summed E-state index contributed by atoms with van der Waals surface area (Å²) in [7, 11) is 0. The summed E-state index contributed by atoms with van der Waals surface area (Å²) in [6, 6.07) is 4.35. The molecule has 0 bridgehead atoms. The molecule has 4 heteroatoms. The molecule has 0 aliphatic carbocycles. The van der Waals surface area contributed by atoms with Gasteiger partial charge in [-0.05, 0) is 30.7 Å². The van der Waals surface area contributed by atoms with Crippen molar-refractivity contribution in [2.75, 3.05) is 32.1 Å². The largest absolute Gasteiger partial charge is 0.377 e. The van der Waals surface area contributed by atoms with Gasteiger partial charge in [0.2, 0.25) is 0 Å². The molecule has 2 nitrogen and oxygen atoms in total. The second-order valence-electron chi connectivity index (χ2n) is 4.43. The number of hydrogen-bond donors (Lipinski definition) is 0. The van der Waals surface area contributed by atoms with Crippen molar-refractivity contribution in [1.82, 2.24) is 4.90 Å². The topological polar surface area (TPSA) is 12.5 Å². The van der Waals surface area contributed by atoms with Crippen molar-refractivity contribution in [1.29, 1.82) is 0 Å². The van der Waals surface area contributed by atoms with Gasteiger partial charge >= 0.3 is 0 Å². The molecule has 2 rings (SSSR count). The summed E-state index contributed by atoms with van der Waals surface area (Å²) in [4.78, 5) is 4.03. The second-order valence-corrected chi connectivity index (χ2v) is 5.84. The highest BCUT2D eigenvalue weighted by atomic mass is 35.5. The normalized spacial score (nSPS) is 18.6. The molecule has 0 aromatic carbocycles. The lowest BCUT2D eigenvalue weighted by atomic mass is 10.1. The molecule has 1 saturated heterocycles. The molecule has 1 fully saturated rings. The summed E-state index contributed by atoms with van der Waals surface area (Å²) in [6.07, 6.45) is 3.93. The second kappa shape index (κ2) is 7.37. The van der Waals surface area contributed by atoms with Gasteiger partial charge in [0.25, 0.3) is 0 Å². The number of rotatable bonds is 6. The zero-order valence-corrected chi connectivity index (χ0v) is 11.7. The van der Waals surface area contributed by atoms with Gasteiger partial charge in [-0.1, -0.05) is 6.07 Å². The standard InChI is InChI=1S/C13H20ClNOS/c14-6-10-16-12-3-7-15(8-4-12)9-5-13-2-1-11-17-13/h1-2,11-12H,3-10H2. The van der Waals surface area contributed by atoms with Crippen LogP contribution in [0.4, 0.5) is 0 Å². The fourth-order valence-electron chi connectivity index (χ4n) is 2.23. The molecule has 1 aliphatic rings. The number of nitrogens with zero attached hydrogens (tertiary/aromatic N) is 1. The molecule has 1 aromatic heterocycles. The highest BCUT2D eigenvalue weighted by molar-refractivity contribution is 7.09. The van der Waals surface area contributed by atoms with Crippen LogP contribution in [0.3, 0.4) is 0 Å². The minimum absolute atomic E-state index is 0.437. The van der Waals surface area contributed by atoms with E-state index in [1.165, 1.54) is 30.9 Å². The van der Waals surface area contributed by atoms with E-state index in [4.69, 9.17) is 16.3 Å². The maximum Gasteiger partial charge on any atom is 0.0605 e. The van der Waals surface area contributed by atoms with Crippen molar-refractivity contribution in [3.63, 3.8) is 0 Å². The zero-order chi connectivity index (χ0) is 11.9. The average Bonchev–Trinajstić information content (AvgIpc) is 2.88. The zero-order valence-electron chi connectivity index (χ0n) is 10.1. The first kappa shape index (κ1) is 13.3. The first-order valence-electron chi connectivity index (χ1n) is 6.31. The number of piperidine rings is 1. The first-order valence-corrected chi connectivity index (χ1v) is 7.72. The minimum Gasteiger partial charge on any atom is -0.377 e. The van der Waals surface area contributed by atoms with E-state index in [9.17, 15) is 0 Å². The lowest BCUT2D eigenvalue weighted by Crippen LogP contribution is -2.38. The Morgan fingerprint density at radius 2 is 2.24 bits per heavy atom. The molecule has 17 heavy (non-hydrogen) atoms. The van der Waals surface area contributed by atoms with Crippen LogP contribution in [0.2, 0.25) is 0 Å². The first-order chi connectivity index (χ1) is 8.38. The molecule has 0 saturated carbocycles. The predicted octanol–water partition coefficient (Wildman–Crippen LogP) is 3.01. The molecule has 0 radical (unpaired) electrons. The Labute approximate surface area is 113 Å². The summed E-state index contributed by atoms with van der Waals surface area (Å²) in [5.74, 6) is 0.610. The van der Waals surface area contributed by atoms with Crippen molar-refractivity contribution in [3.05, 3.63) is 22.4 Å². The Morgan fingerprint density at radius 1 is 1.41 bits per heavy atom. The van der Waals surface area contributed by atoms with Gasteiger partial charge < -0.3 is 9.64 Å². The van der Waals surface area contributed by atoms with Crippen LogP contribution < -0.4 is 0 Å². The third kappa shape index (κ3) is 4.59. The van der Waals surface area contributed by atoms with Gasteiger partial charge in [0.15, 0.2) is 0 Å². The molecule has 0 atom stereocenters. The van der Waals surface area contributed by atoms with Crippen LogP contribution in [0.5, 0.6) is 0 Å². The number of thiophene rings is 1. The minimum atomic E-state index is 0.437. The van der Waals surface area contributed by atoms with Crippen LogP contribution in [0.25, 0.3) is 0 Å². The van der Waals surface area contributed by atoms with Crippen molar-refractivity contribution < 1.29 is 4.74 Å². The van der Waals surface area contributed by atoms with Gasteiger partial charge in [-0.25, -0.2) is 0 Å². The molecule has 0 unspecified atom stereocenters. The highest BCUT2D eigenvalue weighted by Crippen LogP contribution is 2.15. The highest BCUT2D eigenvalue weighted by Gasteiger charge is 2.19. The molecule has 1 aliphatic heterocycles. The van der Waals surface area contributed by atoms with Gasteiger partial charge in [0, 0.05) is 30.4 Å². The fraction of sp³-hybridized carbons (Fsp3) is 0.692. The monoisotopic (exact) mass is 273 g/mol. The van der Waals surface area contributed by atoms with Gasteiger partial charge in [-0.3, -0.25) is 0 Å². The molecular weight excluding hydrogens is 254 g/mol. The van der Waals surface area contributed by atoms with Crippen molar-refractivity contribution in [2.24, 2.45) is 0 Å². The third-order valence-electron chi connectivity index (χ3n) is 3.22. The quantitative estimate of drug-likeness (QED) is 0.739. The molecule has 1 aromatic rings. The Kier molecular flexibility index (Phi) is 5.78. The number of alkyl halides is 1. The molecule has 0 N–H and O–H groups in total. The average molecular weight is 274 g/mol. The van der Waals surface area contributed by atoms with E-state index < -0.39 is 0 Å². The number of ether oxygens (including phenoxy) is 1. The number of hydrogen-bond acceptors (Lipinski definition) is 3. The fourth-order valence-corrected chi connectivity index (χ4v) is 3.02. The predicted molar refractivity (Wildman–Crippen MR) is 74.2 cm³/mol. The van der Waals surface area contributed by atoms with Crippen LogP contribution in [0, 0.1) is 0 Å². The van der Waals surface area contributed by atoms with Gasteiger partial charge in [-0.2, -0.15) is 0 Å². The number of halogens is 1. The lowest BCUT2D eigenvalue weighted by Gasteiger charge is -2.31. The van der Waals surface area contributed by atoms with Gasteiger partial charge in [-0.15, -0.1) is 22.9 Å². The third-order valence-corrected chi connectivity index (χ3v) is 4.31. The lowest BCUT2D eigenvalue weighted by molar-refractivity contribution is 0.0155. The summed E-state index contributed by atoms with van der Waals surface area (Å²) in [5.41, 5.74) is 0. The smallest absolute Gasteiger partial charge is 0.0605 e. The van der Waals surface area contributed by atoms with E-state index >= 15 is 0 Å². The van der Waals surface area contributed by atoms with Crippen LogP contribution in [-0.4, -0.2) is 43.1 Å². The van der Waals surface area contributed by atoms with E-state index in [0.29, 0.717) is 18.6 Å². The summed E-state index contributed by atoms with van der Waals surface area (Å²) < 4.78 is 5.67. The van der Waals surface area contributed by atoms with E-state index in [1.54, 1.807) is 0 Å². The maximum atomic E-state index is 5.67. The SMILES string of the molecule is ClCCOC1CCN(CCc2cccs2)CC1. The summed E-state index contributed by atoms with van der Waals surface area (Å²) in [5, 5.41) is 2.15. The van der Waals surface area contributed by atoms with Crippen LogP contribution >= 0.6 is 22.9 Å². The number of likely N-dealkylation sites (tertiary alicyclic amines) is 1. The van der Waals surface area contributed by atoms with Crippen LogP contribution in [0.15, 0.2) is 17.5 Å². The van der Waals surface area contributed by atoms with Crippen molar-refractivity contribution in [2.45, 2.75) is 25.4 Å². The summed E-state index contributed by atoms with van der Waals surface area (Å²) in [6.45, 7) is 4.21. The maximum absolute atomic E-state index is 5.67. The van der Waals surface area contributed by atoms with Gasteiger partial charge in [0.05, 0.1) is 12.7 Å². The van der Waals surface area contributed by atoms with Gasteiger partial charge in [0.1, 0.15) is 0 Å². The molecular formula is C13H20ClNOS. The Hall–Kier alpha value is -0.0900. The van der Waals surface area contributed by atoms with E-state index in [0.717, 1.165) is 12.8 Å². The molecule has 0 amide bonds. The molecule has 96 valence electrons. The van der Waals surface area contributed by atoms with Crippen molar-refractivity contribution >= 4 is 22.9 Å². The van der Waals surface area contributed by atoms with E-state index in [2.05, 4.69) is 22.4 Å².